The molecule has 0 aliphatic carbocycles. The van der Waals surface area contributed by atoms with Crippen LogP contribution in [0.15, 0.2) is 29.6 Å². The van der Waals surface area contributed by atoms with E-state index in [4.69, 9.17) is 10.7 Å². The van der Waals surface area contributed by atoms with Crippen LogP contribution >= 0.6 is 11.3 Å². The Balaban J connectivity index is 1.77. The predicted molar refractivity (Wildman–Crippen MR) is 93.1 cm³/mol. The fraction of sp³-hybridized carbons (Fsp3) is 0.471. The molecule has 2 heterocycles. The van der Waals surface area contributed by atoms with E-state index in [1.54, 1.807) is 11.3 Å². The maximum atomic E-state index is 5.63. The molecular weight excluding hydrogens is 292 g/mol. The van der Waals surface area contributed by atoms with Crippen LogP contribution in [0, 0.1) is 0 Å². The Morgan fingerprint density at radius 3 is 2.73 bits per heavy atom. The van der Waals surface area contributed by atoms with Crippen molar-refractivity contribution in [3.63, 3.8) is 0 Å². The first-order valence-electron chi connectivity index (χ1n) is 7.90. The molecule has 0 saturated carbocycles. The van der Waals surface area contributed by atoms with Gasteiger partial charge in [-0.15, -0.1) is 11.3 Å². The van der Waals surface area contributed by atoms with E-state index in [2.05, 4.69) is 46.5 Å². The number of benzene rings is 1. The molecule has 1 aromatic heterocycles. The Morgan fingerprint density at radius 1 is 1.18 bits per heavy atom. The number of aromatic nitrogens is 1. The second-order valence-electron chi connectivity index (χ2n) is 5.92. The first kappa shape index (κ1) is 15.6. The van der Waals surface area contributed by atoms with E-state index < -0.39 is 0 Å². The Bertz CT molecular complexity index is 602. The van der Waals surface area contributed by atoms with E-state index in [1.807, 2.05) is 0 Å². The van der Waals surface area contributed by atoms with Crippen LogP contribution in [0.1, 0.15) is 11.3 Å². The number of likely N-dealkylation sites (N-methyl/N-ethyl adjacent to an activating group) is 1. The molecule has 1 aliphatic rings. The predicted octanol–water partition coefficient (Wildman–Crippen LogP) is 2.06. The Labute approximate surface area is 136 Å². The normalized spacial score (nSPS) is 17.0. The molecule has 0 radical (unpaired) electrons. The zero-order valence-corrected chi connectivity index (χ0v) is 14.0. The lowest BCUT2D eigenvalue weighted by molar-refractivity contribution is 0.148. The number of nitrogens with two attached hydrogens (primary N) is 1. The molecule has 1 saturated heterocycles. The summed E-state index contributed by atoms with van der Waals surface area (Å²) in [7, 11) is 2.19. The molecule has 1 aromatic carbocycles. The van der Waals surface area contributed by atoms with Crippen molar-refractivity contribution in [1.82, 2.24) is 14.8 Å². The summed E-state index contributed by atoms with van der Waals surface area (Å²) in [5, 5.41) is 3.25. The number of hydrogen-bond acceptors (Lipinski definition) is 5. The fourth-order valence-electron chi connectivity index (χ4n) is 2.81. The van der Waals surface area contributed by atoms with Crippen molar-refractivity contribution in [3.8, 4) is 10.6 Å². The minimum absolute atomic E-state index is 0.659. The standard InChI is InChI=1S/C17H24N4S/c1-20-8-10-21(11-9-20)12-14-4-2-3-5-16(14)17-19-15(6-7-18)13-22-17/h2-5,13H,6-12,18H2,1H3. The van der Waals surface area contributed by atoms with Crippen molar-refractivity contribution in [2.45, 2.75) is 13.0 Å². The van der Waals surface area contributed by atoms with E-state index >= 15 is 0 Å². The monoisotopic (exact) mass is 316 g/mol. The first-order chi connectivity index (χ1) is 10.8. The maximum Gasteiger partial charge on any atom is 0.123 e. The maximum absolute atomic E-state index is 5.63. The molecule has 4 nitrogen and oxygen atoms in total. The van der Waals surface area contributed by atoms with Gasteiger partial charge in [0, 0.05) is 50.1 Å². The molecule has 0 bridgehead atoms. The molecule has 3 rings (SSSR count). The molecule has 1 aliphatic heterocycles. The number of hydrogen-bond donors (Lipinski definition) is 1. The van der Waals surface area contributed by atoms with Crippen LogP contribution in [-0.2, 0) is 13.0 Å². The number of nitrogens with zero attached hydrogens (tertiary/aromatic N) is 3. The molecule has 5 heteroatoms. The quantitative estimate of drug-likeness (QED) is 0.917. The summed E-state index contributed by atoms with van der Waals surface area (Å²) in [6.45, 7) is 6.25. The molecule has 0 spiro atoms. The first-order valence-corrected chi connectivity index (χ1v) is 8.78. The third-order valence-corrected chi connectivity index (χ3v) is 5.11. The molecule has 0 unspecified atom stereocenters. The molecule has 22 heavy (non-hydrogen) atoms. The van der Waals surface area contributed by atoms with Crippen LogP contribution < -0.4 is 5.73 Å². The van der Waals surface area contributed by atoms with Gasteiger partial charge < -0.3 is 10.6 Å². The zero-order valence-electron chi connectivity index (χ0n) is 13.2. The van der Waals surface area contributed by atoms with Crippen molar-refractivity contribution in [2.75, 3.05) is 39.8 Å². The third kappa shape index (κ3) is 3.73. The van der Waals surface area contributed by atoms with Gasteiger partial charge >= 0.3 is 0 Å². The van der Waals surface area contributed by atoms with Crippen LogP contribution in [0.4, 0.5) is 0 Å². The van der Waals surface area contributed by atoms with Crippen molar-refractivity contribution in [2.24, 2.45) is 5.73 Å². The molecule has 0 atom stereocenters. The molecule has 0 amide bonds. The van der Waals surface area contributed by atoms with E-state index in [9.17, 15) is 0 Å². The van der Waals surface area contributed by atoms with Crippen LogP contribution in [0.3, 0.4) is 0 Å². The summed E-state index contributed by atoms with van der Waals surface area (Å²) >= 11 is 1.73. The van der Waals surface area contributed by atoms with Gasteiger partial charge in [0.05, 0.1) is 5.69 Å². The van der Waals surface area contributed by atoms with Crippen LogP contribution in [0.5, 0.6) is 0 Å². The molecule has 2 N–H and O–H groups in total. The van der Waals surface area contributed by atoms with Gasteiger partial charge in [-0.2, -0.15) is 0 Å². The van der Waals surface area contributed by atoms with Gasteiger partial charge in [0.25, 0.3) is 0 Å². The molecule has 1 fully saturated rings. The van der Waals surface area contributed by atoms with E-state index in [-0.39, 0.29) is 0 Å². The van der Waals surface area contributed by atoms with Gasteiger partial charge in [0.2, 0.25) is 0 Å². The minimum atomic E-state index is 0.659. The highest BCUT2D eigenvalue weighted by molar-refractivity contribution is 7.13. The van der Waals surface area contributed by atoms with E-state index in [0.29, 0.717) is 6.54 Å². The van der Waals surface area contributed by atoms with Crippen LogP contribution in [0.25, 0.3) is 10.6 Å². The highest BCUT2D eigenvalue weighted by atomic mass is 32.1. The van der Waals surface area contributed by atoms with Gasteiger partial charge in [-0.1, -0.05) is 24.3 Å². The van der Waals surface area contributed by atoms with Crippen molar-refractivity contribution in [3.05, 3.63) is 40.9 Å². The summed E-state index contributed by atoms with van der Waals surface area (Å²) in [6.07, 6.45) is 0.858. The van der Waals surface area contributed by atoms with Gasteiger partial charge in [0.1, 0.15) is 5.01 Å². The fourth-order valence-corrected chi connectivity index (χ4v) is 3.72. The number of rotatable bonds is 5. The average Bonchev–Trinajstić information content (AvgIpc) is 2.99. The average molecular weight is 316 g/mol. The zero-order chi connectivity index (χ0) is 15.4. The number of thiazole rings is 1. The van der Waals surface area contributed by atoms with E-state index in [0.717, 1.165) is 49.8 Å². The summed E-state index contributed by atoms with van der Waals surface area (Å²) in [5.74, 6) is 0. The summed E-state index contributed by atoms with van der Waals surface area (Å²) in [4.78, 5) is 9.67. The lowest BCUT2D eigenvalue weighted by Crippen LogP contribution is -2.43. The van der Waals surface area contributed by atoms with Gasteiger partial charge in [-0.25, -0.2) is 4.98 Å². The molecular formula is C17H24N4S. The van der Waals surface area contributed by atoms with E-state index in [1.165, 1.54) is 11.1 Å². The second kappa shape index (κ2) is 7.33. The number of piperazine rings is 1. The van der Waals surface area contributed by atoms with Gasteiger partial charge in [0.15, 0.2) is 0 Å². The largest absolute Gasteiger partial charge is 0.330 e. The highest BCUT2D eigenvalue weighted by Crippen LogP contribution is 2.28. The molecule has 118 valence electrons. The SMILES string of the molecule is CN1CCN(Cc2ccccc2-c2nc(CCN)cs2)CC1. The Hall–Kier alpha value is -1.27. The van der Waals surface area contributed by atoms with Crippen LogP contribution in [0.2, 0.25) is 0 Å². The second-order valence-corrected chi connectivity index (χ2v) is 6.78. The molecule has 2 aromatic rings. The van der Waals surface area contributed by atoms with Crippen molar-refractivity contribution < 1.29 is 0 Å². The summed E-state index contributed by atoms with van der Waals surface area (Å²) < 4.78 is 0. The van der Waals surface area contributed by atoms with Crippen molar-refractivity contribution >= 4 is 11.3 Å². The lowest BCUT2D eigenvalue weighted by Gasteiger charge is -2.32. The summed E-state index contributed by atoms with van der Waals surface area (Å²) in [5.41, 5.74) is 9.38. The Morgan fingerprint density at radius 2 is 1.95 bits per heavy atom. The smallest absolute Gasteiger partial charge is 0.123 e. The van der Waals surface area contributed by atoms with Gasteiger partial charge in [-0.3, -0.25) is 4.90 Å². The highest BCUT2D eigenvalue weighted by Gasteiger charge is 2.16. The Kier molecular flexibility index (Phi) is 5.20. The van der Waals surface area contributed by atoms with Crippen LogP contribution in [-0.4, -0.2) is 54.6 Å². The van der Waals surface area contributed by atoms with Crippen molar-refractivity contribution in [1.29, 1.82) is 0 Å². The topological polar surface area (TPSA) is 45.4 Å². The lowest BCUT2D eigenvalue weighted by atomic mass is 10.1. The third-order valence-electron chi connectivity index (χ3n) is 4.19. The summed E-state index contributed by atoms with van der Waals surface area (Å²) in [6, 6.07) is 8.66. The minimum Gasteiger partial charge on any atom is -0.330 e. The van der Waals surface area contributed by atoms with Gasteiger partial charge in [-0.05, 0) is 19.2 Å².